The van der Waals surface area contributed by atoms with Crippen molar-refractivity contribution in [2.75, 3.05) is 6.54 Å². The van der Waals surface area contributed by atoms with Crippen LogP contribution in [0, 0.1) is 20.8 Å². The zero-order chi connectivity index (χ0) is 20.5. The van der Waals surface area contributed by atoms with Crippen molar-refractivity contribution in [2.45, 2.75) is 27.2 Å². The lowest BCUT2D eigenvalue weighted by molar-refractivity contribution is 0.0954. The molecule has 0 fully saturated rings. The van der Waals surface area contributed by atoms with Gasteiger partial charge >= 0.3 is 0 Å². The van der Waals surface area contributed by atoms with Gasteiger partial charge in [0.2, 0.25) is 0 Å². The average molecular weight is 386 g/mol. The molecule has 2 aromatic rings. The van der Waals surface area contributed by atoms with Crippen LogP contribution in [0.4, 0.5) is 0 Å². The molecule has 0 spiro atoms. The van der Waals surface area contributed by atoms with E-state index in [1.165, 1.54) is 5.56 Å². The van der Waals surface area contributed by atoms with Crippen molar-refractivity contribution >= 4 is 17.0 Å². The number of rotatable bonds is 4. The first-order chi connectivity index (χ1) is 14.0. The normalized spacial score (nSPS) is 11.1. The van der Waals surface area contributed by atoms with Crippen LogP contribution in [0.3, 0.4) is 0 Å². The van der Waals surface area contributed by atoms with E-state index in [-0.39, 0.29) is 11.3 Å². The zero-order valence-electron chi connectivity index (χ0n) is 16.7. The maximum Gasteiger partial charge on any atom is 0.251 e. The number of hydrogen-bond acceptors (Lipinski definition) is 4. The van der Waals surface area contributed by atoms with Crippen molar-refractivity contribution in [1.29, 1.82) is 0 Å². The van der Waals surface area contributed by atoms with Crippen molar-refractivity contribution in [3.05, 3.63) is 86.6 Å². The lowest BCUT2D eigenvalue weighted by atomic mass is 9.99. The van der Waals surface area contributed by atoms with Gasteiger partial charge < -0.3 is 9.73 Å². The minimum Gasteiger partial charge on any atom is -0.452 e. The fourth-order valence-electron chi connectivity index (χ4n) is 3.47. The van der Waals surface area contributed by atoms with Crippen LogP contribution in [-0.4, -0.2) is 17.4 Å². The van der Waals surface area contributed by atoms with Gasteiger partial charge in [-0.25, -0.2) is 4.98 Å². The first kappa shape index (κ1) is 18.9. The largest absolute Gasteiger partial charge is 0.452 e. The van der Waals surface area contributed by atoms with Gasteiger partial charge in [-0.3, -0.25) is 9.59 Å². The summed E-state index contributed by atoms with van der Waals surface area (Å²) in [5.41, 5.74) is 5.51. The smallest absolute Gasteiger partial charge is 0.251 e. The maximum absolute atomic E-state index is 12.5. The highest BCUT2D eigenvalue weighted by molar-refractivity contribution is 5.97. The fourth-order valence-corrected chi connectivity index (χ4v) is 3.47. The van der Waals surface area contributed by atoms with E-state index in [1.54, 1.807) is 32.0 Å². The molecular weight excluding hydrogens is 364 g/mol. The van der Waals surface area contributed by atoms with Gasteiger partial charge in [0, 0.05) is 23.2 Å². The quantitative estimate of drug-likeness (QED) is 0.534. The topological polar surface area (TPSA) is 72.2 Å². The molecule has 1 aliphatic heterocycles. The Hall–Kier alpha value is -3.47. The molecule has 146 valence electrons. The van der Waals surface area contributed by atoms with Crippen LogP contribution in [0.1, 0.15) is 32.6 Å². The summed E-state index contributed by atoms with van der Waals surface area (Å²) in [6.07, 6.45) is 0.765. The minimum atomic E-state index is -0.167. The third-order valence-electron chi connectivity index (χ3n) is 5.36. The Kier molecular flexibility index (Phi) is 4.89. The number of hydrogen-bond donors (Lipinski definition) is 1. The van der Waals surface area contributed by atoms with Crippen molar-refractivity contribution < 1.29 is 9.21 Å². The Morgan fingerprint density at radius 3 is 2.52 bits per heavy atom. The number of aromatic nitrogens is 1. The molecule has 1 amide bonds. The molecule has 0 radical (unpaired) electrons. The first-order valence-corrected chi connectivity index (χ1v) is 9.62. The number of carbonyl (C=O) groups is 1. The Labute approximate surface area is 168 Å². The standard InChI is InChI=1S/C24H22N2O3/c1-14-15(2)22(27)16(3)23-21(14)26-19-10-9-18(13-20(19)29-23)24(28)25-12-11-17-7-5-4-6-8-17/h4-10,13H,11-12H2,1-3H3,(H,25,28). The van der Waals surface area contributed by atoms with Crippen LogP contribution < -0.4 is 10.7 Å². The molecule has 2 aliphatic rings. The van der Waals surface area contributed by atoms with Gasteiger partial charge in [-0.1, -0.05) is 30.3 Å². The number of nitrogens with one attached hydrogen (secondary N) is 1. The average Bonchev–Trinajstić information content (AvgIpc) is 2.75. The molecule has 0 saturated carbocycles. The predicted octanol–water partition coefficient (Wildman–Crippen LogP) is 4.19. The van der Waals surface area contributed by atoms with E-state index < -0.39 is 0 Å². The second-order valence-electron chi connectivity index (χ2n) is 7.27. The van der Waals surface area contributed by atoms with Crippen molar-refractivity contribution in [1.82, 2.24) is 10.3 Å². The lowest BCUT2D eigenvalue weighted by Gasteiger charge is -2.14. The molecule has 0 saturated heterocycles. The summed E-state index contributed by atoms with van der Waals surface area (Å²) in [4.78, 5) is 29.6. The second-order valence-corrected chi connectivity index (χ2v) is 7.27. The molecule has 0 atom stereocenters. The number of carbonyl (C=O) groups excluding carboxylic acids is 1. The van der Waals surface area contributed by atoms with Gasteiger partial charge in [-0.2, -0.15) is 0 Å². The predicted molar refractivity (Wildman–Crippen MR) is 114 cm³/mol. The molecule has 0 unspecified atom stereocenters. The van der Waals surface area contributed by atoms with E-state index >= 15 is 0 Å². The number of benzene rings is 3. The number of nitrogens with zero attached hydrogens (tertiary/aromatic N) is 1. The molecule has 1 aliphatic carbocycles. The molecule has 29 heavy (non-hydrogen) atoms. The van der Waals surface area contributed by atoms with Crippen molar-refractivity contribution in [3.8, 4) is 11.5 Å². The molecule has 4 rings (SSSR count). The third kappa shape index (κ3) is 3.51. The first-order valence-electron chi connectivity index (χ1n) is 9.62. The van der Waals surface area contributed by atoms with Crippen molar-refractivity contribution in [3.63, 3.8) is 0 Å². The SMILES string of the molecule is Cc1c2nc3ccc(C(=O)NCCc4ccccc4)cc3oc-2c(C)c(=O)c1C. The van der Waals surface area contributed by atoms with Gasteiger partial charge in [0.1, 0.15) is 11.2 Å². The van der Waals surface area contributed by atoms with Crippen LogP contribution in [-0.2, 0) is 6.42 Å². The monoisotopic (exact) mass is 386 g/mol. The van der Waals surface area contributed by atoms with E-state index in [0.717, 1.165) is 12.0 Å². The van der Waals surface area contributed by atoms with Crippen molar-refractivity contribution in [2.24, 2.45) is 0 Å². The molecule has 1 heterocycles. The Balaban J connectivity index is 1.63. The highest BCUT2D eigenvalue weighted by atomic mass is 16.3. The van der Waals surface area contributed by atoms with Gasteiger partial charge in [-0.05, 0) is 56.5 Å². The Morgan fingerprint density at radius 1 is 1.00 bits per heavy atom. The van der Waals surface area contributed by atoms with Crippen LogP contribution in [0.2, 0.25) is 0 Å². The molecular formula is C24H22N2O3. The maximum atomic E-state index is 12.5. The summed E-state index contributed by atoms with van der Waals surface area (Å²) in [6, 6.07) is 15.2. The van der Waals surface area contributed by atoms with Crippen LogP contribution in [0.15, 0.2) is 57.7 Å². The number of amides is 1. The Morgan fingerprint density at radius 2 is 1.76 bits per heavy atom. The van der Waals surface area contributed by atoms with Gasteiger partial charge in [0.25, 0.3) is 5.91 Å². The molecule has 2 aromatic carbocycles. The fraction of sp³-hybridized carbons (Fsp3) is 0.208. The third-order valence-corrected chi connectivity index (χ3v) is 5.36. The van der Waals surface area contributed by atoms with Crippen LogP contribution in [0.5, 0.6) is 0 Å². The molecule has 0 aromatic heterocycles. The van der Waals surface area contributed by atoms with Gasteiger partial charge in [-0.15, -0.1) is 0 Å². The van der Waals surface area contributed by atoms with E-state index in [1.807, 2.05) is 37.3 Å². The molecule has 0 bridgehead atoms. The van der Waals surface area contributed by atoms with E-state index in [2.05, 4.69) is 10.3 Å². The van der Waals surface area contributed by atoms with E-state index in [9.17, 15) is 9.59 Å². The van der Waals surface area contributed by atoms with E-state index in [4.69, 9.17) is 4.42 Å². The highest BCUT2D eigenvalue weighted by Crippen LogP contribution is 2.30. The summed E-state index contributed by atoms with van der Waals surface area (Å²) in [5, 5.41) is 2.94. The Bertz CT molecular complexity index is 1240. The summed E-state index contributed by atoms with van der Waals surface area (Å²) >= 11 is 0. The molecule has 1 N–H and O–H groups in total. The summed E-state index contributed by atoms with van der Waals surface area (Å²) < 4.78 is 6.02. The van der Waals surface area contributed by atoms with E-state index in [0.29, 0.717) is 45.8 Å². The highest BCUT2D eigenvalue weighted by Gasteiger charge is 2.20. The van der Waals surface area contributed by atoms with Crippen LogP contribution >= 0.6 is 0 Å². The second kappa shape index (κ2) is 7.51. The minimum absolute atomic E-state index is 0.0327. The molecule has 5 nitrogen and oxygen atoms in total. The van der Waals surface area contributed by atoms with Gasteiger partial charge in [0.05, 0.1) is 0 Å². The van der Waals surface area contributed by atoms with Gasteiger partial charge in [0.15, 0.2) is 16.8 Å². The summed E-state index contributed by atoms with van der Waals surface area (Å²) in [7, 11) is 0. The zero-order valence-corrected chi connectivity index (χ0v) is 16.7. The molecule has 5 heteroatoms. The summed E-state index contributed by atoms with van der Waals surface area (Å²) in [5.74, 6) is 0.312. The van der Waals surface area contributed by atoms with Crippen LogP contribution in [0.25, 0.3) is 22.6 Å². The number of fused-ring (bicyclic) bond motifs is 2. The lowest BCUT2D eigenvalue weighted by Crippen LogP contribution is -2.25. The summed E-state index contributed by atoms with van der Waals surface area (Å²) in [6.45, 7) is 5.97.